The van der Waals surface area contributed by atoms with Crippen LogP contribution in [0.15, 0.2) is 36.5 Å². The Balaban J connectivity index is 1.67. The molecule has 0 aliphatic heterocycles. The van der Waals surface area contributed by atoms with E-state index in [-0.39, 0.29) is 11.6 Å². The summed E-state index contributed by atoms with van der Waals surface area (Å²) < 4.78 is 38.7. The molecule has 0 saturated heterocycles. The lowest BCUT2D eigenvalue weighted by molar-refractivity contribution is -0.156. The highest BCUT2D eigenvalue weighted by Crippen LogP contribution is 2.32. The van der Waals surface area contributed by atoms with E-state index in [2.05, 4.69) is 15.6 Å². The number of hydrogen-bond acceptors (Lipinski definition) is 3. The third kappa shape index (κ3) is 3.65. The SMILES string of the molecule is CN[C@@H](c1ccc(NC2Cc3ccc(Cl)cc3C2)nc1)C(F)(F)F. The standard InChI is InChI=1S/C17H17ClF3N3/c1-22-16(17(19,20)21)11-3-5-15(23-9-11)24-14-7-10-2-4-13(18)6-12(10)8-14/h2-6,9,14,16,22H,7-8H2,1H3,(H,23,24)/t14?,16-/m0/s1. The fourth-order valence-corrected chi connectivity index (χ4v) is 3.27. The minimum atomic E-state index is -4.35. The first-order valence-corrected chi connectivity index (χ1v) is 7.98. The number of benzene rings is 1. The zero-order chi connectivity index (χ0) is 17.3. The van der Waals surface area contributed by atoms with E-state index in [9.17, 15) is 13.2 Å². The second-order valence-corrected chi connectivity index (χ2v) is 6.34. The van der Waals surface area contributed by atoms with Crippen LogP contribution in [0.4, 0.5) is 19.0 Å². The Labute approximate surface area is 143 Å². The molecule has 0 radical (unpaired) electrons. The van der Waals surface area contributed by atoms with E-state index in [1.165, 1.54) is 30.4 Å². The van der Waals surface area contributed by atoms with Crippen LogP contribution in [-0.4, -0.2) is 24.2 Å². The summed E-state index contributed by atoms with van der Waals surface area (Å²) in [6.07, 6.45) is -1.42. The molecular weight excluding hydrogens is 339 g/mol. The molecule has 0 fully saturated rings. The van der Waals surface area contributed by atoms with Gasteiger partial charge in [0, 0.05) is 17.3 Å². The summed E-state index contributed by atoms with van der Waals surface area (Å²) in [4.78, 5) is 4.13. The summed E-state index contributed by atoms with van der Waals surface area (Å²) in [5, 5.41) is 6.25. The van der Waals surface area contributed by atoms with E-state index < -0.39 is 12.2 Å². The summed E-state index contributed by atoms with van der Waals surface area (Å²) in [5.74, 6) is 0.569. The van der Waals surface area contributed by atoms with Gasteiger partial charge in [0.15, 0.2) is 0 Å². The maximum absolute atomic E-state index is 12.9. The molecule has 2 aromatic rings. The minimum Gasteiger partial charge on any atom is -0.367 e. The van der Waals surface area contributed by atoms with Crippen LogP contribution in [-0.2, 0) is 12.8 Å². The molecule has 0 amide bonds. The van der Waals surface area contributed by atoms with Crippen molar-refractivity contribution in [2.24, 2.45) is 0 Å². The van der Waals surface area contributed by atoms with E-state index in [0.717, 1.165) is 12.8 Å². The average Bonchev–Trinajstić information content (AvgIpc) is 2.89. The summed E-state index contributed by atoms with van der Waals surface area (Å²) in [7, 11) is 1.28. The molecule has 128 valence electrons. The second-order valence-electron chi connectivity index (χ2n) is 5.90. The highest BCUT2D eigenvalue weighted by molar-refractivity contribution is 6.30. The van der Waals surface area contributed by atoms with E-state index in [1.807, 2.05) is 18.2 Å². The first-order valence-electron chi connectivity index (χ1n) is 7.60. The molecule has 2 N–H and O–H groups in total. The molecule has 1 aliphatic rings. The summed E-state index contributed by atoms with van der Waals surface area (Å²) in [6.45, 7) is 0. The van der Waals surface area contributed by atoms with Crippen LogP contribution in [0.25, 0.3) is 0 Å². The maximum atomic E-state index is 12.9. The number of nitrogens with zero attached hydrogens (tertiary/aromatic N) is 1. The van der Waals surface area contributed by atoms with E-state index >= 15 is 0 Å². The maximum Gasteiger partial charge on any atom is 0.407 e. The monoisotopic (exact) mass is 355 g/mol. The molecule has 3 nitrogen and oxygen atoms in total. The quantitative estimate of drug-likeness (QED) is 0.865. The molecule has 1 heterocycles. The highest BCUT2D eigenvalue weighted by Gasteiger charge is 2.39. The van der Waals surface area contributed by atoms with Gasteiger partial charge >= 0.3 is 6.18 Å². The molecule has 24 heavy (non-hydrogen) atoms. The smallest absolute Gasteiger partial charge is 0.367 e. The Morgan fingerprint density at radius 1 is 1.17 bits per heavy atom. The fourth-order valence-electron chi connectivity index (χ4n) is 3.08. The lowest BCUT2D eigenvalue weighted by Gasteiger charge is -2.20. The molecule has 1 unspecified atom stereocenters. The zero-order valence-electron chi connectivity index (χ0n) is 13.0. The lowest BCUT2D eigenvalue weighted by atomic mass is 10.1. The molecule has 3 rings (SSSR count). The Hall–Kier alpha value is -1.79. The van der Waals surface area contributed by atoms with Gasteiger partial charge in [-0.1, -0.05) is 23.7 Å². The number of halogens is 4. The van der Waals surface area contributed by atoms with Crippen molar-refractivity contribution in [2.45, 2.75) is 31.1 Å². The van der Waals surface area contributed by atoms with Crippen LogP contribution >= 0.6 is 11.6 Å². The third-order valence-corrected chi connectivity index (χ3v) is 4.42. The molecule has 1 aromatic carbocycles. The predicted molar refractivity (Wildman–Crippen MR) is 88.4 cm³/mol. The number of anilines is 1. The molecule has 1 aliphatic carbocycles. The van der Waals surface area contributed by atoms with Crippen molar-refractivity contribution in [1.82, 2.24) is 10.3 Å². The van der Waals surface area contributed by atoms with Gasteiger partial charge in [-0.15, -0.1) is 0 Å². The fraction of sp³-hybridized carbons (Fsp3) is 0.353. The van der Waals surface area contributed by atoms with Crippen LogP contribution in [0.3, 0.4) is 0 Å². The normalized spacial score (nSPS) is 18.3. The summed E-state index contributed by atoms with van der Waals surface area (Å²) in [6, 6.07) is 7.32. The Morgan fingerprint density at radius 2 is 1.92 bits per heavy atom. The lowest BCUT2D eigenvalue weighted by Crippen LogP contribution is -2.31. The van der Waals surface area contributed by atoms with Gasteiger partial charge in [-0.3, -0.25) is 0 Å². The number of pyridine rings is 1. The van der Waals surface area contributed by atoms with Gasteiger partial charge in [0.25, 0.3) is 0 Å². The number of nitrogens with one attached hydrogen (secondary N) is 2. The highest BCUT2D eigenvalue weighted by atomic mass is 35.5. The summed E-state index contributed by atoms with van der Waals surface area (Å²) >= 11 is 6.00. The molecular formula is C17H17ClF3N3. The van der Waals surface area contributed by atoms with Crippen molar-refractivity contribution >= 4 is 17.4 Å². The van der Waals surface area contributed by atoms with Gasteiger partial charge in [-0.05, 0) is 54.8 Å². The molecule has 0 bridgehead atoms. The molecule has 7 heteroatoms. The van der Waals surface area contributed by atoms with Gasteiger partial charge in [0.1, 0.15) is 11.9 Å². The Morgan fingerprint density at radius 3 is 2.54 bits per heavy atom. The third-order valence-electron chi connectivity index (χ3n) is 4.19. The number of aromatic nitrogens is 1. The van der Waals surface area contributed by atoms with E-state index in [0.29, 0.717) is 10.8 Å². The number of alkyl halides is 3. The predicted octanol–water partition coefficient (Wildman–Crippen LogP) is 4.14. The second kappa shape index (κ2) is 6.61. The van der Waals surface area contributed by atoms with E-state index in [4.69, 9.17) is 11.6 Å². The van der Waals surface area contributed by atoms with Gasteiger partial charge in [0.2, 0.25) is 0 Å². The minimum absolute atomic E-state index is 0.0945. The molecule has 0 saturated carbocycles. The Bertz CT molecular complexity index is 716. The molecule has 2 atom stereocenters. The number of hydrogen-bond donors (Lipinski definition) is 2. The van der Waals surface area contributed by atoms with Gasteiger partial charge in [-0.2, -0.15) is 13.2 Å². The molecule has 1 aromatic heterocycles. The van der Waals surface area contributed by atoms with Crippen LogP contribution < -0.4 is 10.6 Å². The largest absolute Gasteiger partial charge is 0.407 e. The van der Waals surface area contributed by atoms with Gasteiger partial charge in [-0.25, -0.2) is 4.98 Å². The van der Waals surface area contributed by atoms with Crippen LogP contribution in [0, 0.1) is 0 Å². The first kappa shape index (κ1) is 17.0. The van der Waals surface area contributed by atoms with Crippen molar-refractivity contribution in [3.05, 3.63) is 58.2 Å². The van der Waals surface area contributed by atoms with Crippen molar-refractivity contribution in [2.75, 3.05) is 12.4 Å². The van der Waals surface area contributed by atoms with Crippen LogP contribution in [0.5, 0.6) is 0 Å². The first-order chi connectivity index (χ1) is 11.4. The topological polar surface area (TPSA) is 37.0 Å². The zero-order valence-corrected chi connectivity index (χ0v) is 13.7. The average molecular weight is 356 g/mol. The van der Waals surface area contributed by atoms with Crippen molar-refractivity contribution < 1.29 is 13.2 Å². The van der Waals surface area contributed by atoms with Crippen molar-refractivity contribution in [3.8, 4) is 0 Å². The van der Waals surface area contributed by atoms with Crippen molar-refractivity contribution in [3.63, 3.8) is 0 Å². The van der Waals surface area contributed by atoms with Gasteiger partial charge in [0.05, 0.1) is 0 Å². The van der Waals surface area contributed by atoms with Gasteiger partial charge < -0.3 is 10.6 Å². The summed E-state index contributed by atoms with van der Waals surface area (Å²) in [5.41, 5.74) is 2.53. The van der Waals surface area contributed by atoms with Crippen LogP contribution in [0.1, 0.15) is 22.7 Å². The molecule has 0 spiro atoms. The Kier molecular flexibility index (Phi) is 4.69. The number of rotatable bonds is 4. The number of fused-ring (bicyclic) bond motifs is 1. The van der Waals surface area contributed by atoms with E-state index in [1.54, 1.807) is 6.07 Å². The van der Waals surface area contributed by atoms with Crippen LogP contribution in [0.2, 0.25) is 5.02 Å². The van der Waals surface area contributed by atoms with Crippen molar-refractivity contribution in [1.29, 1.82) is 0 Å².